The van der Waals surface area contributed by atoms with Gasteiger partial charge in [0.1, 0.15) is 5.69 Å². The number of carbonyl (C=O) groups is 1. The molecule has 1 N–H and O–H groups in total. The molecule has 156 valence electrons. The number of nitrogens with one attached hydrogen (secondary N) is 1. The molecule has 0 spiro atoms. The van der Waals surface area contributed by atoms with Gasteiger partial charge in [0.15, 0.2) is 0 Å². The highest BCUT2D eigenvalue weighted by molar-refractivity contribution is 9.10. The number of imidazole rings is 1. The zero-order valence-electron chi connectivity index (χ0n) is 17.4. The standard InChI is InChI=1S/C23H21BrN6O/c1-4-29-21(11-14(2)28-29)22(31)27-23-26-19-12-16(13-25)5-10-20(19)30(23)15(3)17-6-8-18(24)9-7-17/h5-12,15H,4H2,1-3H3,(H,26,27,31). The fraction of sp³-hybridized carbons (Fsp3) is 0.217. The SMILES string of the molecule is CCn1nc(C)cc1C(=O)Nc1nc2cc(C#N)ccc2n1C(C)c1ccc(Br)cc1. The number of nitrogens with zero attached hydrogens (tertiary/aromatic N) is 5. The summed E-state index contributed by atoms with van der Waals surface area (Å²) in [5.41, 5.74) is 4.33. The Kier molecular flexibility index (Phi) is 5.61. The van der Waals surface area contributed by atoms with Crippen molar-refractivity contribution >= 4 is 38.8 Å². The first-order valence-electron chi connectivity index (χ1n) is 9.94. The molecule has 0 saturated carbocycles. The minimum Gasteiger partial charge on any atom is -0.303 e. The lowest BCUT2D eigenvalue weighted by molar-refractivity contribution is 0.101. The summed E-state index contributed by atoms with van der Waals surface area (Å²) in [6, 6.07) is 17.2. The van der Waals surface area contributed by atoms with Gasteiger partial charge in [-0.15, -0.1) is 0 Å². The van der Waals surface area contributed by atoms with Crippen molar-refractivity contribution in [1.82, 2.24) is 19.3 Å². The fourth-order valence-corrected chi connectivity index (χ4v) is 3.94. The van der Waals surface area contributed by atoms with Crippen LogP contribution >= 0.6 is 15.9 Å². The lowest BCUT2D eigenvalue weighted by Crippen LogP contribution is -2.21. The van der Waals surface area contributed by atoms with E-state index in [1.165, 1.54) is 0 Å². The minimum absolute atomic E-state index is 0.0980. The quantitative estimate of drug-likeness (QED) is 0.436. The van der Waals surface area contributed by atoms with Crippen molar-refractivity contribution < 1.29 is 4.79 Å². The highest BCUT2D eigenvalue weighted by atomic mass is 79.9. The van der Waals surface area contributed by atoms with E-state index in [-0.39, 0.29) is 11.9 Å². The topological polar surface area (TPSA) is 88.5 Å². The first-order chi connectivity index (χ1) is 14.9. The molecule has 2 aromatic heterocycles. The van der Waals surface area contributed by atoms with Crippen LogP contribution in [-0.2, 0) is 6.54 Å². The molecule has 0 aliphatic carbocycles. The molecule has 31 heavy (non-hydrogen) atoms. The maximum atomic E-state index is 13.1. The predicted molar refractivity (Wildman–Crippen MR) is 123 cm³/mol. The van der Waals surface area contributed by atoms with E-state index in [1.807, 2.05) is 48.7 Å². The summed E-state index contributed by atoms with van der Waals surface area (Å²) in [5, 5.41) is 16.6. The van der Waals surface area contributed by atoms with Crippen LogP contribution < -0.4 is 5.32 Å². The van der Waals surface area contributed by atoms with Gasteiger partial charge >= 0.3 is 0 Å². The number of benzene rings is 2. The van der Waals surface area contributed by atoms with Crippen LogP contribution in [0.2, 0.25) is 0 Å². The average molecular weight is 477 g/mol. The second kappa shape index (κ2) is 8.36. The molecule has 0 fully saturated rings. The molecule has 0 aliphatic heterocycles. The lowest BCUT2D eigenvalue weighted by Gasteiger charge is -2.18. The predicted octanol–water partition coefficient (Wildman–Crippen LogP) is 5.06. The van der Waals surface area contributed by atoms with Crippen LogP contribution in [0.3, 0.4) is 0 Å². The van der Waals surface area contributed by atoms with Crippen LogP contribution in [0.25, 0.3) is 11.0 Å². The van der Waals surface area contributed by atoms with Gasteiger partial charge in [0.25, 0.3) is 5.91 Å². The van der Waals surface area contributed by atoms with Crippen LogP contribution in [0.5, 0.6) is 0 Å². The normalized spacial score (nSPS) is 12.0. The molecule has 8 heteroatoms. The van der Waals surface area contributed by atoms with Crippen molar-refractivity contribution in [2.24, 2.45) is 0 Å². The molecule has 2 heterocycles. The van der Waals surface area contributed by atoms with Crippen molar-refractivity contribution in [2.45, 2.75) is 33.4 Å². The fourth-order valence-electron chi connectivity index (χ4n) is 3.67. The zero-order valence-corrected chi connectivity index (χ0v) is 19.0. The van der Waals surface area contributed by atoms with E-state index in [0.29, 0.717) is 29.3 Å². The molecule has 0 saturated heterocycles. The second-order valence-electron chi connectivity index (χ2n) is 7.29. The number of hydrogen-bond donors (Lipinski definition) is 1. The summed E-state index contributed by atoms with van der Waals surface area (Å²) in [5.74, 6) is 0.148. The van der Waals surface area contributed by atoms with E-state index < -0.39 is 0 Å². The maximum Gasteiger partial charge on any atom is 0.276 e. The summed E-state index contributed by atoms with van der Waals surface area (Å²) >= 11 is 3.47. The van der Waals surface area contributed by atoms with Crippen LogP contribution in [0, 0.1) is 18.3 Å². The largest absolute Gasteiger partial charge is 0.303 e. The van der Waals surface area contributed by atoms with Gasteiger partial charge in [0, 0.05) is 11.0 Å². The van der Waals surface area contributed by atoms with Crippen LogP contribution in [0.15, 0.2) is 53.0 Å². The average Bonchev–Trinajstić information content (AvgIpc) is 3.32. The number of anilines is 1. The third-order valence-electron chi connectivity index (χ3n) is 5.22. The van der Waals surface area contributed by atoms with E-state index >= 15 is 0 Å². The van der Waals surface area contributed by atoms with E-state index in [1.54, 1.807) is 22.9 Å². The second-order valence-corrected chi connectivity index (χ2v) is 8.20. The Labute approximate surface area is 188 Å². The van der Waals surface area contributed by atoms with Crippen LogP contribution in [-0.4, -0.2) is 25.2 Å². The Morgan fingerprint density at radius 1 is 1.23 bits per heavy atom. The number of aryl methyl sites for hydroxylation is 2. The number of aromatic nitrogens is 4. The Morgan fingerprint density at radius 3 is 2.65 bits per heavy atom. The van der Waals surface area contributed by atoms with Crippen LogP contribution in [0.1, 0.15) is 47.2 Å². The highest BCUT2D eigenvalue weighted by Crippen LogP contribution is 2.30. The van der Waals surface area contributed by atoms with E-state index in [4.69, 9.17) is 0 Å². The number of hydrogen-bond acceptors (Lipinski definition) is 4. The van der Waals surface area contributed by atoms with Crippen molar-refractivity contribution in [2.75, 3.05) is 5.32 Å². The first kappa shape index (κ1) is 20.8. The van der Waals surface area contributed by atoms with Gasteiger partial charge in [-0.25, -0.2) is 4.98 Å². The van der Waals surface area contributed by atoms with Gasteiger partial charge in [-0.3, -0.25) is 14.8 Å². The number of fused-ring (bicyclic) bond motifs is 1. The molecule has 1 amide bonds. The van der Waals surface area contributed by atoms with E-state index in [2.05, 4.69) is 44.3 Å². The van der Waals surface area contributed by atoms with Crippen molar-refractivity contribution in [3.63, 3.8) is 0 Å². The Hall–Kier alpha value is -3.44. The molecule has 2 aromatic carbocycles. The number of amides is 1. The van der Waals surface area contributed by atoms with Gasteiger partial charge in [-0.05, 0) is 62.7 Å². The maximum absolute atomic E-state index is 13.1. The van der Waals surface area contributed by atoms with Crippen molar-refractivity contribution in [3.05, 3.63) is 75.5 Å². The molecular formula is C23H21BrN6O. The van der Waals surface area contributed by atoms with Gasteiger partial charge in [0.2, 0.25) is 5.95 Å². The molecule has 4 rings (SSSR count). The summed E-state index contributed by atoms with van der Waals surface area (Å²) in [6.07, 6.45) is 0. The summed E-state index contributed by atoms with van der Waals surface area (Å²) in [6.45, 7) is 6.45. The number of carbonyl (C=O) groups excluding carboxylic acids is 1. The van der Waals surface area contributed by atoms with Crippen molar-refractivity contribution in [3.8, 4) is 6.07 Å². The summed E-state index contributed by atoms with van der Waals surface area (Å²) in [7, 11) is 0. The van der Waals surface area contributed by atoms with Gasteiger partial charge in [-0.2, -0.15) is 10.4 Å². The van der Waals surface area contributed by atoms with E-state index in [9.17, 15) is 10.1 Å². The number of nitriles is 1. The first-order valence-corrected chi connectivity index (χ1v) is 10.7. The molecule has 4 aromatic rings. The van der Waals surface area contributed by atoms with Gasteiger partial charge in [-0.1, -0.05) is 28.1 Å². The molecule has 1 atom stereocenters. The molecule has 7 nitrogen and oxygen atoms in total. The molecule has 0 aliphatic rings. The van der Waals surface area contributed by atoms with E-state index in [0.717, 1.165) is 21.2 Å². The summed E-state index contributed by atoms with van der Waals surface area (Å²) < 4.78 is 4.65. The molecule has 0 bridgehead atoms. The number of halogens is 1. The minimum atomic E-state index is -0.275. The Balaban J connectivity index is 1.81. The third kappa shape index (κ3) is 3.97. The summed E-state index contributed by atoms with van der Waals surface area (Å²) in [4.78, 5) is 17.7. The lowest BCUT2D eigenvalue weighted by atomic mass is 10.1. The molecule has 1 unspecified atom stereocenters. The highest BCUT2D eigenvalue weighted by Gasteiger charge is 2.21. The van der Waals surface area contributed by atoms with Crippen LogP contribution in [0.4, 0.5) is 5.95 Å². The Morgan fingerprint density at radius 2 is 1.97 bits per heavy atom. The van der Waals surface area contributed by atoms with Gasteiger partial charge in [0.05, 0.1) is 34.4 Å². The third-order valence-corrected chi connectivity index (χ3v) is 5.75. The smallest absolute Gasteiger partial charge is 0.276 e. The molecular weight excluding hydrogens is 456 g/mol. The molecule has 0 radical (unpaired) electrons. The number of rotatable bonds is 5. The monoisotopic (exact) mass is 476 g/mol. The van der Waals surface area contributed by atoms with Crippen molar-refractivity contribution in [1.29, 1.82) is 5.26 Å². The Bertz CT molecular complexity index is 1310. The van der Waals surface area contributed by atoms with Gasteiger partial charge < -0.3 is 4.57 Å². The zero-order chi connectivity index (χ0) is 22.1.